The number of thioether (sulfide) groups is 1. The van der Waals surface area contributed by atoms with Crippen molar-refractivity contribution in [1.82, 2.24) is 5.32 Å². The van der Waals surface area contributed by atoms with Crippen LogP contribution < -0.4 is 5.32 Å². The Morgan fingerprint density at radius 1 is 0.692 bits per heavy atom. The van der Waals surface area contributed by atoms with Crippen LogP contribution in [0.15, 0.2) is 34.9 Å². The molecule has 0 heterocycles. The molecule has 0 saturated carbocycles. The van der Waals surface area contributed by atoms with Crippen LogP contribution in [0.1, 0.15) is 150 Å². The van der Waals surface area contributed by atoms with Crippen molar-refractivity contribution in [2.75, 3.05) is 11.5 Å². The molecule has 226 valence electrons. The standard InChI is InChI=1S/C34H61NO3S/c1-6-7-8-9-10-11-12-13-14-15-16-17-18-25-33(36)35-32(34(37)38)28-39-27-26-31(5)24-20-23-30(4)22-19-21-29(2)3/h21,23,26,32H,6-20,22,24-25,27-28H2,1-5H3,(H,35,36)(H,37,38)/t32-/m0/s1. The van der Waals surface area contributed by atoms with Gasteiger partial charge in [0.05, 0.1) is 0 Å². The Balaban J connectivity index is 3.92. The number of allylic oxidation sites excluding steroid dienone is 5. The first kappa shape index (κ1) is 37.5. The number of carboxylic acids is 1. The summed E-state index contributed by atoms with van der Waals surface area (Å²) in [5.74, 6) is 0.0839. The van der Waals surface area contributed by atoms with E-state index in [1.54, 1.807) is 11.8 Å². The number of unbranched alkanes of at least 4 members (excludes halogenated alkanes) is 12. The van der Waals surface area contributed by atoms with Crippen molar-refractivity contribution in [2.45, 2.75) is 156 Å². The molecular weight excluding hydrogens is 502 g/mol. The molecule has 0 fully saturated rings. The summed E-state index contributed by atoms with van der Waals surface area (Å²) < 4.78 is 0. The average molecular weight is 564 g/mol. The van der Waals surface area contributed by atoms with Gasteiger partial charge in [0, 0.05) is 17.9 Å². The molecule has 0 radical (unpaired) electrons. The number of hydrogen-bond acceptors (Lipinski definition) is 3. The molecule has 0 spiro atoms. The van der Waals surface area contributed by atoms with Gasteiger partial charge in [-0.2, -0.15) is 11.8 Å². The maximum absolute atomic E-state index is 12.3. The molecule has 0 aromatic carbocycles. The van der Waals surface area contributed by atoms with Crippen molar-refractivity contribution in [1.29, 1.82) is 0 Å². The summed E-state index contributed by atoms with van der Waals surface area (Å²) in [6.07, 6.45) is 28.0. The number of nitrogens with one attached hydrogen (secondary N) is 1. The van der Waals surface area contributed by atoms with E-state index < -0.39 is 12.0 Å². The minimum atomic E-state index is -0.948. The zero-order chi connectivity index (χ0) is 29.1. The molecule has 2 N–H and O–H groups in total. The number of amides is 1. The summed E-state index contributed by atoms with van der Waals surface area (Å²) in [4.78, 5) is 23.9. The molecule has 4 nitrogen and oxygen atoms in total. The predicted molar refractivity (Wildman–Crippen MR) is 173 cm³/mol. The molecule has 0 unspecified atom stereocenters. The Morgan fingerprint density at radius 3 is 1.69 bits per heavy atom. The third-order valence-electron chi connectivity index (χ3n) is 7.10. The first-order valence-electron chi connectivity index (χ1n) is 15.8. The van der Waals surface area contributed by atoms with Crippen molar-refractivity contribution < 1.29 is 14.7 Å². The van der Waals surface area contributed by atoms with Crippen LogP contribution in [0.2, 0.25) is 0 Å². The van der Waals surface area contributed by atoms with Gasteiger partial charge >= 0.3 is 5.97 Å². The van der Waals surface area contributed by atoms with Crippen molar-refractivity contribution in [3.63, 3.8) is 0 Å². The van der Waals surface area contributed by atoms with E-state index in [0.717, 1.165) is 44.3 Å². The fourth-order valence-corrected chi connectivity index (χ4v) is 5.47. The Hall–Kier alpha value is -1.49. The lowest BCUT2D eigenvalue weighted by Gasteiger charge is -2.14. The van der Waals surface area contributed by atoms with E-state index in [1.165, 1.54) is 87.3 Å². The molecule has 1 amide bonds. The lowest BCUT2D eigenvalue weighted by molar-refractivity contribution is -0.141. The van der Waals surface area contributed by atoms with Crippen LogP contribution in [-0.4, -0.2) is 34.5 Å². The van der Waals surface area contributed by atoms with Crippen LogP contribution in [0.3, 0.4) is 0 Å². The summed E-state index contributed by atoms with van der Waals surface area (Å²) in [5.41, 5.74) is 4.14. The molecular formula is C34H61NO3S. The molecule has 0 saturated heterocycles. The van der Waals surface area contributed by atoms with E-state index in [2.05, 4.69) is 58.2 Å². The minimum absolute atomic E-state index is 0.135. The van der Waals surface area contributed by atoms with E-state index in [1.807, 2.05) is 0 Å². The minimum Gasteiger partial charge on any atom is -0.480 e. The van der Waals surface area contributed by atoms with Crippen LogP contribution in [0.5, 0.6) is 0 Å². The van der Waals surface area contributed by atoms with Crippen molar-refractivity contribution in [2.24, 2.45) is 0 Å². The maximum atomic E-state index is 12.3. The van der Waals surface area contributed by atoms with Crippen molar-refractivity contribution in [3.05, 3.63) is 34.9 Å². The summed E-state index contributed by atoms with van der Waals surface area (Å²) in [6.45, 7) is 10.9. The highest BCUT2D eigenvalue weighted by Gasteiger charge is 2.19. The molecule has 0 aliphatic rings. The lowest BCUT2D eigenvalue weighted by atomic mass is 10.0. The van der Waals surface area contributed by atoms with Gasteiger partial charge in [-0.3, -0.25) is 4.79 Å². The van der Waals surface area contributed by atoms with Gasteiger partial charge in [0.1, 0.15) is 6.04 Å². The predicted octanol–water partition coefficient (Wildman–Crippen LogP) is 10.2. The molecule has 5 heteroatoms. The highest BCUT2D eigenvalue weighted by atomic mass is 32.2. The second-order valence-corrected chi connectivity index (χ2v) is 12.5. The number of carboxylic acid groups (broad SMARTS) is 1. The molecule has 0 rings (SSSR count). The average Bonchev–Trinajstić information content (AvgIpc) is 2.88. The third kappa shape index (κ3) is 26.5. The number of carbonyl (C=O) groups is 2. The monoisotopic (exact) mass is 563 g/mol. The zero-order valence-corrected chi connectivity index (χ0v) is 26.9. The summed E-state index contributed by atoms with van der Waals surface area (Å²) >= 11 is 1.57. The van der Waals surface area contributed by atoms with Crippen LogP contribution in [-0.2, 0) is 9.59 Å². The van der Waals surface area contributed by atoms with Gasteiger partial charge in [-0.1, -0.05) is 119 Å². The van der Waals surface area contributed by atoms with Crippen LogP contribution in [0.25, 0.3) is 0 Å². The first-order chi connectivity index (χ1) is 18.8. The van der Waals surface area contributed by atoms with Crippen LogP contribution in [0, 0.1) is 0 Å². The second-order valence-electron chi connectivity index (χ2n) is 11.4. The number of carbonyl (C=O) groups excluding carboxylic acids is 1. The highest BCUT2D eigenvalue weighted by Crippen LogP contribution is 2.15. The molecule has 1 atom stereocenters. The lowest BCUT2D eigenvalue weighted by Crippen LogP contribution is -2.42. The smallest absolute Gasteiger partial charge is 0.327 e. The van der Waals surface area contributed by atoms with Gasteiger partial charge in [0.15, 0.2) is 0 Å². The number of aliphatic carboxylic acids is 1. The van der Waals surface area contributed by atoms with Crippen molar-refractivity contribution >= 4 is 23.6 Å². The quantitative estimate of drug-likeness (QED) is 0.0811. The van der Waals surface area contributed by atoms with Gasteiger partial charge in [0.25, 0.3) is 0 Å². The Kier molecular flexibility index (Phi) is 25.7. The van der Waals surface area contributed by atoms with E-state index in [9.17, 15) is 14.7 Å². The van der Waals surface area contributed by atoms with Gasteiger partial charge in [-0.05, 0) is 59.8 Å². The molecule has 0 aromatic heterocycles. The van der Waals surface area contributed by atoms with E-state index in [-0.39, 0.29) is 5.91 Å². The zero-order valence-electron chi connectivity index (χ0n) is 26.1. The first-order valence-corrected chi connectivity index (χ1v) is 17.0. The maximum Gasteiger partial charge on any atom is 0.327 e. The topological polar surface area (TPSA) is 66.4 Å². The van der Waals surface area contributed by atoms with E-state index in [0.29, 0.717) is 12.2 Å². The third-order valence-corrected chi connectivity index (χ3v) is 8.07. The van der Waals surface area contributed by atoms with Gasteiger partial charge in [-0.25, -0.2) is 4.79 Å². The van der Waals surface area contributed by atoms with E-state index >= 15 is 0 Å². The summed E-state index contributed by atoms with van der Waals surface area (Å²) in [6, 6.07) is -0.815. The van der Waals surface area contributed by atoms with Gasteiger partial charge < -0.3 is 10.4 Å². The van der Waals surface area contributed by atoms with Gasteiger partial charge in [0.2, 0.25) is 5.91 Å². The number of rotatable bonds is 26. The van der Waals surface area contributed by atoms with Crippen molar-refractivity contribution in [3.8, 4) is 0 Å². The van der Waals surface area contributed by atoms with Crippen LogP contribution in [0.4, 0.5) is 0 Å². The number of hydrogen-bond donors (Lipinski definition) is 2. The van der Waals surface area contributed by atoms with E-state index in [4.69, 9.17) is 0 Å². The highest BCUT2D eigenvalue weighted by molar-refractivity contribution is 7.99. The molecule has 0 bridgehead atoms. The fourth-order valence-electron chi connectivity index (χ4n) is 4.47. The summed E-state index contributed by atoms with van der Waals surface area (Å²) in [7, 11) is 0. The summed E-state index contributed by atoms with van der Waals surface area (Å²) in [5, 5.41) is 12.2. The Bertz CT molecular complexity index is 722. The Labute approximate surface area is 246 Å². The second kappa shape index (κ2) is 26.7. The van der Waals surface area contributed by atoms with Gasteiger partial charge in [-0.15, -0.1) is 0 Å². The Morgan fingerprint density at radius 2 is 1.18 bits per heavy atom. The normalized spacial score (nSPS) is 12.8. The molecule has 39 heavy (non-hydrogen) atoms. The molecule has 0 aromatic rings. The largest absolute Gasteiger partial charge is 0.480 e. The molecule has 0 aliphatic carbocycles. The SMILES string of the molecule is CCCCCCCCCCCCCCCC(=O)N[C@@H](CSCC=C(C)CCC=C(C)CCC=C(C)C)C(=O)O. The molecule has 0 aliphatic heterocycles. The van der Waals surface area contributed by atoms with Crippen LogP contribution >= 0.6 is 11.8 Å². The fraction of sp³-hybridized carbons (Fsp3) is 0.765.